The number of nitrogens with one attached hydrogen (secondary N) is 1. The lowest BCUT2D eigenvalue weighted by atomic mass is 10.1. The lowest BCUT2D eigenvalue weighted by Crippen LogP contribution is -2.29. The second-order valence-corrected chi connectivity index (χ2v) is 5.41. The van der Waals surface area contributed by atoms with Gasteiger partial charge in [0.1, 0.15) is 5.82 Å². The fourth-order valence-corrected chi connectivity index (χ4v) is 2.58. The summed E-state index contributed by atoms with van der Waals surface area (Å²) in [6.45, 7) is 1.90. The molecule has 22 heavy (non-hydrogen) atoms. The Morgan fingerprint density at radius 3 is 2.68 bits per heavy atom. The molecule has 0 aliphatic carbocycles. The largest absolute Gasteiger partial charge is 0.317 e. The summed E-state index contributed by atoms with van der Waals surface area (Å²) in [5, 5.41) is 11.4. The Hall–Kier alpha value is -2.28. The van der Waals surface area contributed by atoms with Crippen molar-refractivity contribution in [3.8, 4) is 0 Å². The van der Waals surface area contributed by atoms with E-state index in [4.69, 9.17) is 0 Å². The Morgan fingerprint density at radius 2 is 2.00 bits per heavy atom. The zero-order valence-corrected chi connectivity index (χ0v) is 12.4. The maximum atomic E-state index is 12.9. The van der Waals surface area contributed by atoms with Gasteiger partial charge in [-0.05, 0) is 50.2 Å². The smallest absolute Gasteiger partial charge is 0.280 e. The van der Waals surface area contributed by atoms with E-state index in [9.17, 15) is 9.18 Å². The number of halogens is 1. The zero-order chi connectivity index (χ0) is 15.5. The molecule has 1 fully saturated rings. The van der Waals surface area contributed by atoms with Gasteiger partial charge in [-0.1, -0.05) is 5.21 Å². The van der Waals surface area contributed by atoms with Crippen molar-refractivity contribution in [2.45, 2.75) is 18.9 Å². The minimum absolute atomic E-state index is 0.258. The van der Waals surface area contributed by atoms with Crippen molar-refractivity contribution in [2.75, 3.05) is 25.0 Å². The molecule has 2 aromatic rings. The average molecular weight is 303 g/mol. The molecule has 1 saturated heterocycles. The summed E-state index contributed by atoms with van der Waals surface area (Å²) in [6.07, 6.45) is 3.65. The first-order valence-electron chi connectivity index (χ1n) is 7.31. The SMILES string of the molecule is CN(C(=O)c1cn(C2CCNCC2)nn1)c1ccc(F)cc1. The molecule has 0 bridgehead atoms. The van der Waals surface area contributed by atoms with E-state index in [0.717, 1.165) is 25.9 Å². The molecule has 2 heterocycles. The first-order valence-corrected chi connectivity index (χ1v) is 7.31. The Labute approximate surface area is 127 Å². The van der Waals surface area contributed by atoms with Crippen LogP contribution < -0.4 is 10.2 Å². The predicted octanol–water partition coefficient (Wildman–Crippen LogP) is 1.62. The van der Waals surface area contributed by atoms with Crippen LogP contribution in [0.1, 0.15) is 29.4 Å². The maximum absolute atomic E-state index is 12.9. The van der Waals surface area contributed by atoms with E-state index in [2.05, 4.69) is 15.6 Å². The number of aromatic nitrogens is 3. The van der Waals surface area contributed by atoms with Crippen LogP contribution in [0.15, 0.2) is 30.5 Å². The van der Waals surface area contributed by atoms with E-state index in [1.165, 1.54) is 17.0 Å². The molecular weight excluding hydrogens is 285 g/mol. The number of nitrogens with zero attached hydrogens (tertiary/aromatic N) is 4. The van der Waals surface area contributed by atoms with Crippen molar-refractivity contribution in [1.29, 1.82) is 0 Å². The van der Waals surface area contributed by atoms with Gasteiger partial charge in [0.25, 0.3) is 5.91 Å². The van der Waals surface area contributed by atoms with Gasteiger partial charge in [-0.2, -0.15) is 0 Å². The topological polar surface area (TPSA) is 63.1 Å². The molecule has 0 saturated carbocycles. The highest BCUT2D eigenvalue weighted by atomic mass is 19.1. The lowest BCUT2D eigenvalue weighted by Gasteiger charge is -2.22. The third-order valence-electron chi connectivity index (χ3n) is 3.93. The number of hydrogen-bond donors (Lipinski definition) is 1. The molecule has 6 nitrogen and oxygen atoms in total. The van der Waals surface area contributed by atoms with Gasteiger partial charge in [0.2, 0.25) is 0 Å². The third kappa shape index (κ3) is 2.99. The highest BCUT2D eigenvalue weighted by Crippen LogP contribution is 2.19. The molecule has 0 radical (unpaired) electrons. The number of piperidine rings is 1. The minimum Gasteiger partial charge on any atom is -0.317 e. The Morgan fingerprint density at radius 1 is 1.32 bits per heavy atom. The molecule has 1 aromatic heterocycles. The molecule has 3 rings (SSSR count). The molecule has 1 aliphatic heterocycles. The predicted molar refractivity (Wildman–Crippen MR) is 80.3 cm³/mol. The van der Waals surface area contributed by atoms with Crippen molar-refractivity contribution < 1.29 is 9.18 Å². The van der Waals surface area contributed by atoms with Crippen LogP contribution >= 0.6 is 0 Å². The van der Waals surface area contributed by atoms with Crippen LogP contribution in [-0.4, -0.2) is 41.0 Å². The molecular formula is C15H18FN5O. The molecule has 0 spiro atoms. The normalized spacial score (nSPS) is 15.7. The van der Waals surface area contributed by atoms with Gasteiger partial charge >= 0.3 is 0 Å². The van der Waals surface area contributed by atoms with E-state index >= 15 is 0 Å². The van der Waals surface area contributed by atoms with Crippen molar-refractivity contribution >= 4 is 11.6 Å². The highest BCUT2D eigenvalue weighted by molar-refractivity contribution is 6.04. The number of anilines is 1. The number of amides is 1. The molecule has 1 aliphatic rings. The van der Waals surface area contributed by atoms with E-state index in [1.54, 1.807) is 30.1 Å². The quantitative estimate of drug-likeness (QED) is 0.936. The van der Waals surface area contributed by atoms with Gasteiger partial charge in [0.15, 0.2) is 5.69 Å². The fourth-order valence-electron chi connectivity index (χ4n) is 2.58. The zero-order valence-electron chi connectivity index (χ0n) is 12.4. The van der Waals surface area contributed by atoms with Crippen LogP contribution in [0, 0.1) is 5.82 Å². The molecule has 0 unspecified atom stereocenters. The Kier molecular flexibility index (Phi) is 4.15. The Balaban J connectivity index is 1.74. The van der Waals surface area contributed by atoms with Gasteiger partial charge in [-0.25, -0.2) is 9.07 Å². The summed E-state index contributed by atoms with van der Waals surface area (Å²) in [5.74, 6) is -0.590. The molecule has 1 N–H and O–H groups in total. The van der Waals surface area contributed by atoms with Gasteiger partial charge in [-0.3, -0.25) is 4.79 Å². The van der Waals surface area contributed by atoms with Gasteiger partial charge < -0.3 is 10.2 Å². The first-order chi connectivity index (χ1) is 10.6. The molecule has 1 amide bonds. The third-order valence-corrected chi connectivity index (χ3v) is 3.93. The lowest BCUT2D eigenvalue weighted by molar-refractivity contribution is 0.0988. The van der Waals surface area contributed by atoms with E-state index in [0.29, 0.717) is 11.4 Å². The highest BCUT2D eigenvalue weighted by Gasteiger charge is 2.21. The van der Waals surface area contributed by atoms with Gasteiger partial charge in [0.05, 0.1) is 12.2 Å². The fraction of sp³-hybridized carbons (Fsp3) is 0.400. The standard InChI is InChI=1S/C15H18FN5O/c1-20(12-4-2-11(16)3-5-12)15(22)14-10-21(19-18-14)13-6-8-17-9-7-13/h2-5,10,13,17H,6-9H2,1H3. The summed E-state index contributed by atoms with van der Waals surface area (Å²) in [6, 6.07) is 6.05. The van der Waals surface area contributed by atoms with E-state index in [1.807, 2.05) is 0 Å². The number of carbonyl (C=O) groups excluding carboxylic acids is 1. The van der Waals surface area contributed by atoms with Crippen LogP contribution in [0.25, 0.3) is 0 Å². The van der Waals surface area contributed by atoms with Crippen LogP contribution in [0.2, 0.25) is 0 Å². The second kappa shape index (κ2) is 6.23. The van der Waals surface area contributed by atoms with E-state index in [-0.39, 0.29) is 17.8 Å². The van der Waals surface area contributed by atoms with Crippen molar-refractivity contribution in [3.63, 3.8) is 0 Å². The van der Waals surface area contributed by atoms with Crippen LogP contribution in [-0.2, 0) is 0 Å². The van der Waals surface area contributed by atoms with Crippen LogP contribution in [0.5, 0.6) is 0 Å². The summed E-state index contributed by atoms with van der Waals surface area (Å²) in [5.41, 5.74) is 0.910. The van der Waals surface area contributed by atoms with Crippen LogP contribution in [0.4, 0.5) is 10.1 Å². The number of carbonyl (C=O) groups is 1. The maximum Gasteiger partial charge on any atom is 0.280 e. The van der Waals surface area contributed by atoms with Gasteiger partial charge in [-0.15, -0.1) is 5.10 Å². The first kappa shape index (κ1) is 14.6. The van der Waals surface area contributed by atoms with E-state index < -0.39 is 0 Å². The Bertz CT molecular complexity index is 648. The molecule has 7 heteroatoms. The van der Waals surface area contributed by atoms with Crippen molar-refractivity contribution in [3.05, 3.63) is 42.0 Å². The molecule has 116 valence electrons. The average Bonchev–Trinajstić information content (AvgIpc) is 3.05. The summed E-state index contributed by atoms with van der Waals surface area (Å²) >= 11 is 0. The summed E-state index contributed by atoms with van der Waals surface area (Å²) < 4.78 is 14.7. The van der Waals surface area contributed by atoms with Crippen molar-refractivity contribution in [1.82, 2.24) is 20.3 Å². The van der Waals surface area contributed by atoms with Crippen LogP contribution in [0.3, 0.4) is 0 Å². The van der Waals surface area contributed by atoms with Gasteiger partial charge in [0, 0.05) is 12.7 Å². The molecule has 1 aromatic carbocycles. The molecule has 0 atom stereocenters. The summed E-state index contributed by atoms with van der Waals surface area (Å²) in [7, 11) is 1.64. The monoisotopic (exact) mass is 303 g/mol. The number of hydrogen-bond acceptors (Lipinski definition) is 4. The number of benzene rings is 1. The minimum atomic E-state index is -0.332. The second-order valence-electron chi connectivity index (χ2n) is 5.41. The summed E-state index contributed by atoms with van der Waals surface area (Å²) in [4.78, 5) is 13.9. The number of rotatable bonds is 3. The van der Waals surface area contributed by atoms with Crippen molar-refractivity contribution in [2.24, 2.45) is 0 Å².